The van der Waals surface area contributed by atoms with Gasteiger partial charge in [0, 0.05) is 38.5 Å². The minimum Gasteiger partial charge on any atom is -0.496 e. The average Bonchev–Trinajstić information content (AvgIpc) is 3.27. The van der Waals surface area contributed by atoms with E-state index < -0.39 is 0 Å². The van der Waals surface area contributed by atoms with Crippen LogP contribution in [-0.2, 0) is 13.2 Å². The zero-order valence-electron chi connectivity index (χ0n) is 18.1. The van der Waals surface area contributed by atoms with Gasteiger partial charge in [0.05, 0.1) is 13.7 Å². The van der Waals surface area contributed by atoms with Gasteiger partial charge in [-0.2, -0.15) is 5.10 Å². The average molecular weight is 517 g/mol. The van der Waals surface area contributed by atoms with Gasteiger partial charge in [0.25, 0.3) is 5.91 Å². The molecule has 0 unspecified atom stereocenters. The third kappa shape index (κ3) is 6.03. The maximum Gasteiger partial charge on any atom is 0.256 e. The molecule has 0 aliphatic rings. The van der Waals surface area contributed by atoms with Gasteiger partial charge in [-0.1, -0.05) is 40.9 Å². The van der Waals surface area contributed by atoms with Crippen LogP contribution in [0.25, 0.3) is 0 Å². The number of rotatable bonds is 8. The second kappa shape index (κ2) is 10.8. The molecule has 0 aliphatic carbocycles. The molecule has 0 saturated carbocycles. The van der Waals surface area contributed by atoms with Crippen molar-refractivity contribution >= 4 is 46.5 Å². The number of nitrogens with one attached hydrogen (secondary N) is 1. The van der Waals surface area contributed by atoms with Gasteiger partial charge in [0.15, 0.2) is 5.82 Å². The maximum atomic E-state index is 12.8. The fraction of sp³-hybridized carbons (Fsp3) is 0.120. The topological polar surface area (TPSA) is 65.4 Å². The minimum atomic E-state index is -0.301. The molecule has 0 spiro atoms. The van der Waals surface area contributed by atoms with E-state index in [9.17, 15) is 4.79 Å². The standard InChI is InChI=1S/C25H20Cl3N3O3/c1-33-23-9-3-16(12-18(23)15-34-21-7-5-19(26)6-8-21)25(32)29-24-10-11-31(30-24)14-17-2-4-20(27)13-22(17)28/h2-13H,14-15H2,1H3,(H,29,30,32). The Kier molecular flexibility index (Phi) is 7.63. The number of carbonyl (C=O) groups excluding carboxylic acids is 1. The van der Waals surface area contributed by atoms with Crippen molar-refractivity contribution in [2.24, 2.45) is 0 Å². The summed E-state index contributed by atoms with van der Waals surface area (Å²) in [5.41, 5.74) is 2.05. The summed E-state index contributed by atoms with van der Waals surface area (Å²) in [5, 5.41) is 8.97. The normalized spacial score (nSPS) is 10.7. The van der Waals surface area contributed by atoms with Crippen LogP contribution in [0.4, 0.5) is 5.82 Å². The second-order valence-corrected chi connectivity index (χ2v) is 8.64. The van der Waals surface area contributed by atoms with Crippen LogP contribution >= 0.6 is 34.8 Å². The van der Waals surface area contributed by atoms with Crippen molar-refractivity contribution in [1.29, 1.82) is 0 Å². The molecule has 34 heavy (non-hydrogen) atoms. The zero-order chi connectivity index (χ0) is 24.1. The van der Waals surface area contributed by atoms with E-state index in [1.165, 1.54) is 0 Å². The Balaban J connectivity index is 1.43. The summed E-state index contributed by atoms with van der Waals surface area (Å²) in [4.78, 5) is 12.8. The summed E-state index contributed by atoms with van der Waals surface area (Å²) in [7, 11) is 1.57. The highest BCUT2D eigenvalue weighted by Crippen LogP contribution is 2.24. The number of amides is 1. The Labute approximate surface area is 212 Å². The quantitative estimate of drug-likeness (QED) is 0.282. The minimum absolute atomic E-state index is 0.225. The van der Waals surface area contributed by atoms with Gasteiger partial charge in [-0.15, -0.1) is 0 Å². The SMILES string of the molecule is COc1ccc(C(=O)Nc2ccn(Cc3ccc(Cl)cc3Cl)n2)cc1COc1ccc(Cl)cc1. The highest BCUT2D eigenvalue weighted by molar-refractivity contribution is 6.35. The number of nitrogens with zero attached hydrogens (tertiary/aromatic N) is 2. The summed E-state index contributed by atoms with van der Waals surface area (Å²) in [6.45, 7) is 0.670. The van der Waals surface area contributed by atoms with Crippen LogP contribution in [0.1, 0.15) is 21.5 Å². The molecule has 0 saturated heterocycles. The molecule has 0 radical (unpaired) electrons. The smallest absolute Gasteiger partial charge is 0.256 e. The molecular formula is C25H20Cl3N3O3. The van der Waals surface area contributed by atoms with Crippen molar-refractivity contribution in [2.75, 3.05) is 12.4 Å². The van der Waals surface area contributed by atoms with Crippen LogP contribution in [0.3, 0.4) is 0 Å². The highest BCUT2D eigenvalue weighted by atomic mass is 35.5. The largest absolute Gasteiger partial charge is 0.496 e. The van der Waals surface area contributed by atoms with Crippen molar-refractivity contribution in [3.05, 3.63) is 105 Å². The Hall–Kier alpha value is -3.19. The number of halogens is 3. The lowest BCUT2D eigenvalue weighted by Crippen LogP contribution is -2.14. The number of aromatic nitrogens is 2. The first-order valence-electron chi connectivity index (χ1n) is 10.3. The Morgan fingerprint density at radius 1 is 0.941 bits per heavy atom. The van der Waals surface area contributed by atoms with Gasteiger partial charge in [0.1, 0.15) is 18.1 Å². The van der Waals surface area contributed by atoms with Crippen LogP contribution in [-0.4, -0.2) is 22.8 Å². The number of carbonyl (C=O) groups is 1. The lowest BCUT2D eigenvalue weighted by Gasteiger charge is -2.12. The first-order chi connectivity index (χ1) is 16.4. The molecule has 0 bridgehead atoms. The van der Waals surface area contributed by atoms with E-state index in [1.54, 1.807) is 78.7 Å². The monoisotopic (exact) mass is 515 g/mol. The van der Waals surface area contributed by atoms with Crippen LogP contribution in [0.2, 0.25) is 15.1 Å². The molecule has 4 aromatic rings. The van der Waals surface area contributed by atoms with Crippen LogP contribution in [0, 0.1) is 0 Å². The number of hydrogen-bond donors (Lipinski definition) is 1. The molecular weight excluding hydrogens is 497 g/mol. The predicted molar refractivity (Wildman–Crippen MR) is 135 cm³/mol. The number of anilines is 1. The first-order valence-corrected chi connectivity index (χ1v) is 11.4. The van der Waals surface area contributed by atoms with E-state index in [4.69, 9.17) is 44.3 Å². The third-order valence-corrected chi connectivity index (χ3v) is 5.82. The van der Waals surface area contributed by atoms with Crippen LogP contribution in [0.15, 0.2) is 72.9 Å². The van der Waals surface area contributed by atoms with Gasteiger partial charge < -0.3 is 14.8 Å². The molecule has 1 aromatic heterocycles. The summed E-state index contributed by atoms with van der Waals surface area (Å²) in [6, 6.07) is 19.2. The van der Waals surface area contributed by atoms with E-state index in [1.807, 2.05) is 6.07 Å². The lowest BCUT2D eigenvalue weighted by atomic mass is 10.1. The number of ether oxygens (including phenoxy) is 2. The first kappa shape index (κ1) is 24.0. The molecule has 1 amide bonds. The van der Waals surface area contributed by atoms with Gasteiger partial charge >= 0.3 is 0 Å². The lowest BCUT2D eigenvalue weighted by molar-refractivity contribution is 0.102. The summed E-state index contributed by atoms with van der Waals surface area (Å²) in [5.74, 6) is 1.40. The van der Waals surface area contributed by atoms with Gasteiger partial charge in [0.2, 0.25) is 0 Å². The fourth-order valence-corrected chi connectivity index (χ4v) is 3.85. The summed E-state index contributed by atoms with van der Waals surface area (Å²) < 4.78 is 12.9. The van der Waals surface area contributed by atoms with Crippen molar-refractivity contribution in [2.45, 2.75) is 13.2 Å². The van der Waals surface area contributed by atoms with Gasteiger partial charge in [-0.3, -0.25) is 9.48 Å². The van der Waals surface area contributed by atoms with Crippen molar-refractivity contribution < 1.29 is 14.3 Å². The van der Waals surface area contributed by atoms with Gasteiger partial charge in [-0.05, 0) is 60.2 Å². The second-order valence-electron chi connectivity index (χ2n) is 7.36. The molecule has 0 atom stereocenters. The van der Waals surface area contributed by atoms with Crippen molar-refractivity contribution in [1.82, 2.24) is 9.78 Å². The Morgan fingerprint density at radius 3 is 2.44 bits per heavy atom. The van der Waals surface area contributed by atoms with E-state index in [0.29, 0.717) is 44.5 Å². The van der Waals surface area contributed by atoms with Crippen LogP contribution < -0.4 is 14.8 Å². The summed E-state index contributed by atoms with van der Waals surface area (Å²) in [6.07, 6.45) is 1.76. The molecule has 6 nitrogen and oxygen atoms in total. The maximum absolute atomic E-state index is 12.8. The Morgan fingerprint density at radius 2 is 1.71 bits per heavy atom. The molecule has 174 valence electrons. The fourth-order valence-electron chi connectivity index (χ4n) is 3.25. The van der Waals surface area contributed by atoms with E-state index in [0.717, 1.165) is 11.1 Å². The third-order valence-electron chi connectivity index (χ3n) is 4.98. The van der Waals surface area contributed by atoms with Crippen LogP contribution in [0.5, 0.6) is 11.5 Å². The summed E-state index contributed by atoms with van der Waals surface area (Å²) >= 11 is 18.1. The van der Waals surface area contributed by atoms with E-state index in [-0.39, 0.29) is 12.5 Å². The van der Waals surface area contributed by atoms with E-state index in [2.05, 4.69) is 10.4 Å². The van der Waals surface area contributed by atoms with Crippen molar-refractivity contribution in [3.8, 4) is 11.5 Å². The van der Waals surface area contributed by atoms with Gasteiger partial charge in [-0.25, -0.2) is 0 Å². The number of benzene rings is 3. The highest BCUT2D eigenvalue weighted by Gasteiger charge is 2.13. The molecule has 0 fully saturated rings. The zero-order valence-corrected chi connectivity index (χ0v) is 20.4. The molecule has 1 heterocycles. The Bertz CT molecular complexity index is 1310. The van der Waals surface area contributed by atoms with E-state index >= 15 is 0 Å². The molecule has 3 aromatic carbocycles. The molecule has 9 heteroatoms. The molecule has 0 aliphatic heterocycles. The predicted octanol–water partition coefficient (Wildman–Crippen LogP) is 6.73. The molecule has 1 N–H and O–H groups in total. The number of methoxy groups -OCH3 is 1. The molecule has 4 rings (SSSR count). The number of hydrogen-bond acceptors (Lipinski definition) is 4. The van der Waals surface area contributed by atoms with Crippen molar-refractivity contribution in [3.63, 3.8) is 0 Å².